The Balaban J connectivity index is 1.25. The fraction of sp³-hybridized carbons (Fsp3) is 0.444. The van der Waals surface area contributed by atoms with Crippen LogP contribution in [0.5, 0.6) is 5.75 Å². The summed E-state index contributed by atoms with van der Waals surface area (Å²) >= 11 is 1.63. The van der Waals surface area contributed by atoms with E-state index >= 15 is 0 Å². The molecule has 1 amide bonds. The lowest BCUT2D eigenvalue weighted by Gasteiger charge is -2.55. The zero-order valence-corrected chi connectivity index (χ0v) is 19.5. The molecule has 2 aromatic carbocycles. The van der Waals surface area contributed by atoms with Gasteiger partial charge in [0.05, 0.1) is 6.54 Å². The van der Waals surface area contributed by atoms with E-state index in [0.29, 0.717) is 17.4 Å². The first kappa shape index (κ1) is 20.8. The fourth-order valence-corrected chi connectivity index (χ4v) is 7.76. The highest BCUT2D eigenvalue weighted by Crippen LogP contribution is 2.61. The molecule has 0 radical (unpaired) electrons. The van der Waals surface area contributed by atoms with Crippen LogP contribution >= 0.6 is 11.3 Å². The summed E-state index contributed by atoms with van der Waals surface area (Å²) in [5, 5.41) is 11.1. The van der Waals surface area contributed by atoms with Crippen molar-refractivity contribution in [3.8, 4) is 5.75 Å². The molecular weight excluding hydrogens is 430 g/mol. The first-order valence-electron chi connectivity index (χ1n) is 12.0. The molecule has 0 spiro atoms. The lowest BCUT2D eigenvalue weighted by atomic mass is 9.50. The zero-order chi connectivity index (χ0) is 22.3. The number of benzene rings is 2. The number of hydrogen-bond acceptors (Lipinski definition) is 5. The fourth-order valence-electron chi connectivity index (χ4n) is 6.68. The summed E-state index contributed by atoms with van der Waals surface area (Å²) in [7, 11) is 0. The highest BCUT2D eigenvalue weighted by molar-refractivity contribution is 7.15. The van der Waals surface area contributed by atoms with Gasteiger partial charge in [-0.1, -0.05) is 59.9 Å². The van der Waals surface area contributed by atoms with E-state index in [1.165, 1.54) is 38.5 Å². The van der Waals surface area contributed by atoms with Gasteiger partial charge in [0, 0.05) is 5.41 Å². The number of carbonyl (C=O) groups excluding carboxylic acids is 1. The van der Waals surface area contributed by atoms with Crippen molar-refractivity contribution >= 4 is 22.4 Å². The molecule has 0 N–H and O–H groups in total. The van der Waals surface area contributed by atoms with Crippen molar-refractivity contribution in [2.75, 3.05) is 11.5 Å². The standard InChI is InChI=1S/C27H29N3O2S/c31-24(18-32-23-9-5-2-6-10-23)30(17-19-7-3-1-4-8-19)26-29-28-25(33-26)27-14-20-11-21(15-27)13-22(12-20)16-27/h1-10,20-22H,11-18H2. The third-order valence-electron chi connectivity index (χ3n) is 7.73. The van der Waals surface area contributed by atoms with Crippen molar-refractivity contribution in [1.29, 1.82) is 0 Å². The van der Waals surface area contributed by atoms with Gasteiger partial charge in [0.2, 0.25) is 5.13 Å². The van der Waals surface area contributed by atoms with E-state index in [1.807, 2.05) is 60.7 Å². The van der Waals surface area contributed by atoms with Crippen LogP contribution in [0.15, 0.2) is 60.7 Å². The number of anilines is 1. The smallest absolute Gasteiger partial charge is 0.267 e. The van der Waals surface area contributed by atoms with Crippen molar-refractivity contribution in [2.45, 2.75) is 50.5 Å². The number of para-hydroxylation sites is 1. The summed E-state index contributed by atoms with van der Waals surface area (Å²) < 4.78 is 5.78. The Kier molecular flexibility index (Phi) is 5.41. The summed E-state index contributed by atoms with van der Waals surface area (Å²) in [5.74, 6) is 3.15. The highest BCUT2D eigenvalue weighted by atomic mass is 32.1. The van der Waals surface area contributed by atoms with Gasteiger partial charge >= 0.3 is 0 Å². The number of nitrogens with zero attached hydrogens (tertiary/aromatic N) is 3. The summed E-state index contributed by atoms with van der Waals surface area (Å²) in [4.78, 5) is 15.1. The average Bonchev–Trinajstić information content (AvgIpc) is 3.33. The van der Waals surface area contributed by atoms with Crippen LogP contribution in [0.2, 0.25) is 0 Å². The number of hydrogen-bond donors (Lipinski definition) is 0. The summed E-state index contributed by atoms with van der Waals surface area (Å²) in [6.07, 6.45) is 7.95. The minimum Gasteiger partial charge on any atom is -0.484 e. The Morgan fingerprint density at radius 1 is 0.909 bits per heavy atom. The van der Waals surface area contributed by atoms with Gasteiger partial charge in [-0.25, -0.2) is 0 Å². The molecule has 4 bridgehead atoms. The normalized spacial score (nSPS) is 27.5. The molecule has 0 aliphatic heterocycles. The largest absolute Gasteiger partial charge is 0.484 e. The van der Waals surface area contributed by atoms with Gasteiger partial charge in [0.15, 0.2) is 6.61 Å². The van der Waals surface area contributed by atoms with Crippen LogP contribution < -0.4 is 9.64 Å². The highest BCUT2D eigenvalue weighted by Gasteiger charge is 2.53. The van der Waals surface area contributed by atoms with Crippen LogP contribution in [0.4, 0.5) is 5.13 Å². The van der Waals surface area contributed by atoms with Crippen LogP contribution in [0.3, 0.4) is 0 Å². The van der Waals surface area contributed by atoms with Gasteiger partial charge in [-0.05, 0) is 74.0 Å². The van der Waals surface area contributed by atoms with Crippen LogP contribution in [0, 0.1) is 17.8 Å². The third-order valence-corrected chi connectivity index (χ3v) is 8.92. The SMILES string of the molecule is O=C(COc1ccccc1)N(Cc1ccccc1)c1nnc(C23CC4CC(CC(C4)C2)C3)s1. The number of carbonyl (C=O) groups is 1. The predicted molar refractivity (Wildman–Crippen MR) is 129 cm³/mol. The summed E-state index contributed by atoms with van der Waals surface area (Å²) in [6, 6.07) is 19.6. The molecule has 6 heteroatoms. The molecule has 4 aliphatic rings. The summed E-state index contributed by atoms with van der Waals surface area (Å²) in [5.41, 5.74) is 1.25. The minimum atomic E-state index is -0.101. The van der Waals surface area contributed by atoms with E-state index in [4.69, 9.17) is 9.84 Å². The average molecular weight is 460 g/mol. The molecule has 5 nitrogen and oxygen atoms in total. The van der Waals surface area contributed by atoms with Crippen molar-refractivity contribution in [2.24, 2.45) is 17.8 Å². The van der Waals surface area contributed by atoms with Crippen molar-refractivity contribution in [3.63, 3.8) is 0 Å². The Morgan fingerprint density at radius 3 is 2.15 bits per heavy atom. The molecule has 4 saturated carbocycles. The van der Waals surface area contributed by atoms with E-state index in [0.717, 1.165) is 28.3 Å². The molecule has 4 aliphatic carbocycles. The molecule has 1 heterocycles. The maximum atomic E-state index is 13.3. The number of aromatic nitrogens is 2. The van der Waals surface area contributed by atoms with E-state index in [9.17, 15) is 4.79 Å². The Labute approximate surface area is 198 Å². The quantitative estimate of drug-likeness (QED) is 0.460. The van der Waals surface area contributed by atoms with Gasteiger partial charge in [0.25, 0.3) is 5.91 Å². The van der Waals surface area contributed by atoms with Gasteiger partial charge in [0.1, 0.15) is 10.8 Å². The second-order valence-corrected chi connectivity index (χ2v) is 11.1. The number of rotatable bonds is 7. The second kappa shape index (κ2) is 8.56. The van der Waals surface area contributed by atoms with Crippen LogP contribution in [0.25, 0.3) is 0 Å². The monoisotopic (exact) mass is 459 g/mol. The second-order valence-electron chi connectivity index (χ2n) is 10.2. The maximum Gasteiger partial charge on any atom is 0.267 e. The topological polar surface area (TPSA) is 55.3 Å². The molecule has 4 fully saturated rings. The predicted octanol–water partition coefficient (Wildman–Crippen LogP) is 5.62. The van der Waals surface area contributed by atoms with E-state index in [2.05, 4.69) is 5.10 Å². The number of ether oxygens (including phenoxy) is 1. The van der Waals surface area contributed by atoms with Crippen molar-refractivity contribution in [3.05, 3.63) is 71.2 Å². The molecule has 170 valence electrons. The molecule has 0 unspecified atom stereocenters. The molecule has 0 saturated heterocycles. The maximum absolute atomic E-state index is 13.3. The molecule has 7 rings (SSSR count). The van der Waals surface area contributed by atoms with Crippen molar-refractivity contribution < 1.29 is 9.53 Å². The molecule has 33 heavy (non-hydrogen) atoms. The first-order chi connectivity index (χ1) is 16.2. The Bertz CT molecular complexity index is 1080. The van der Waals surface area contributed by atoms with E-state index < -0.39 is 0 Å². The Morgan fingerprint density at radius 2 is 1.52 bits per heavy atom. The molecule has 0 atom stereocenters. The van der Waals surface area contributed by atoms with Crippen LogP contribution in [0.1, 0.15) is 49.1 Å². The van der Waals surface area contributed by atoms with E-state index in [-0.39, 0.29) is 17.9 Å². The van der Waals surface area contributed by atoms with Gasteiger partial charge in [-0.3, -0.25) is 9.69 Å². The first-order valence-corrected chi connectivity index (χ1v) is 12.8. The molecule has 3 aromatic rings. The van der Waals surface area contributed by atoms with Gasteiger partial charge in [-0.15, -0.1) is 10.2 Å². The Hall–Kier alpha value is -2.73. The van der Waals surface area contributed by atoms with E-state index in [1.54, 1.807) is 16.2 Å². The van der Waals surface area contributed by atoms with Gasteiger partial charge < -0.3 is 4.74 Å². The van der Waals surface area contributed by atoms with Crippen LogP contribution in [-0.2, 0) is 16.8 Å². The van der Waals surface area contributed by atoms with Gasteiger partial charge in [-0.2, -0.15) is 0 Å². The van der Waals surface area contributed by atoms with Crippen molar-refractivity contribution in [1.82, 2.24) is 10.2 Å². The minimum absolute atomic E-state index is 0.0247. The zero-order valence-electron chi connectivity index (χ0n) is 18.7. The summed E-state index contributed by atoms with van der Waals surface area (Å²) in [6.45, 7) is 0.441. The molecular formula is C27H29N3O2S. The molecule has 1 aromatic heterocycles. The number of amides is 1. The lowest BCUT2D eigenvalue weighted by Crippen LogP contribution is -2.48. The lowest BCUT2D eigenvalue weighted by molar-refractivity contribution is -0.120. The van der Waals surface area contributed by atoms with Crippen LogP contribution in [-0.4, -0.2) is 22.7 Å². The third kappa shape index (κ3) is 4.17.